The van der Waals surface area contributed by atoms with E-state index in [0.29, 0.717) is 11.2 Å². The van der Waals surface area contributed by atoms with Crippen molar-refractivity contribution in [3.8, 4) is 0 Å². The first-order valence-corrected chi connectivity index (χ1v) is 10.1. The van der Waals surface area contributed by atoms with Crippen LogP contribution in [0.5, 0.6) is 0 Å². The molecule has 28 heavy (non-hydrogen) atoms. The minimum Gasteiger partial charge on any atom is -0.366 e. The Morgan fingerprint density at radius 1 is 1.32 bits per heavy atom. The van der Waals surface area contributed by atoms with Gasteiger partial charge < -0.3 is 10.6 Å². The van der Waals surface area contributed by atoms with E-state index in [0.717, 1.165) is 31.3 Å². The first kappa shape index (κ1) is 18.7. The molecule has 1 unspecified atom stereocenters. The van der Waals surface area contributed by atoms with Crippen molar-refractivity contribution in [3.63, 3.8) is 0 Å². The molecule has 3 N–H and O–H groups in total. The largest absolute Gasteiger partial charge is 0.366 e. The molecule has 1 aromatic heterocycles. The molecule has 2 aliphatic heterocycles. The number of pyridine rings is 1. The van der Waals surface area contributed by atoms with Gasteiger partial charge in [0, 0.05) is 31.0 Å². The Morgan fingerprint density at radius 3 is 2.86 bits per heavy atom. The van der Waals surface area contributed by atoms with Gasteiger partial charge >= 0.3 is 0 Å². The number of halogens is 1. The molecule has 3 heterocycles. The topological polar surface area (TPSA) is 58.5 Å². The number of thioether (sulfide) groups is 1. The number of benzene rings is 1. The molecule has 7 heteroatoms. The Kier molecular flexibility index (Phi) is 5.45. The van der Waals surface area contributed by atoms with Gasteiger partial charge in [-0.05, 0) is 42.0 Å². The fraction of sp³-hybridized carbons (Fsp3) is 0.238. The number of nitrogens with zero attached hydrogens (tertiary/aromatic N) is 1. The van der Waals surface area contributed by atoms with Crippen LogP contribution in [0.15, 0.2) is 59.9 Å². The zero-order valence-electron chi connectivity index (χ0n) is 15.5. The van der Waals surface area contributed by atoms with Gasteiger partial charge in [0.05, 0.1) is 5.56 Å². The molecule has 2 aliphatic rings. The van der Waals surface area contributed by atoms with Crippen LogP contribution in [-0.2, 0) is 0 Å². The third-order valence-corrected chi connectivity index (χ3v) is 6.03. The maximum absolute atomic E-state index is 13.7. The van der Waals surface area contributed by atoms with Gasteiger partial charge in [-0.2, -0.15) is 4.39 Å². The summed E-state index contributed by atoms with van der Waals surface area (Å²) < 4.78 is 13.7. The summed E-state index contributed by atoms with van der Waals surface area (Å²) in [5.74, 6) is -1.04. The number of H-pyrrole nitrogens is 1. The zero-order valence-corrected chi connectivity index (χ0v) is 16.4. The predicted octanol–water partition coefficient (Wildman–Crippen LogP) is 3.46. The average Bonchev–Trinajstić information content (AvgIpc) is 3.24. The number of hydrogen-bond acceptors (Lipinski definition) is 4. The number of nitrogens with one attached hydrogen (secondary N) is 3. The van der Waals surface area contributed by atoms with Crippen LogP contribution >= 0.6 is 11.8 Å². The molecule has 5 nitrogen and oxygen atoms in total. The fourth-order valence-corrected chi connectivity index (χ4v) is 4.25. The maximum atomic E-state index is 13.7. The molecule has 0 saturated heterocycles. The van der Waals surface area contributed by atoms with Gasteiger partial charge in [0.1, 0.15) is 5.50 Å². The zero-order chi connectivity index (χ0) is 19.5. The van der Waals surface area contributed by atoms with Gasteiger partial charge in [0.25, 0.3) is 5.91 Å². The number of carbonyl (C=O) groups excluding carboxylic acids is 1. The van der Waals surface area contributed by atoms with Crippen molar-refractivity contribution in [1.29, 1.82) is 0 Å². The van der Waals surface area contributed by atoms with Crippen LogP contribution in [0, 0.1) is 5.82 Å². The van der Waals surface area contributed by atoms with E-state index in [2.05, 4.69) is 32.8 Å². The molecule has 4 rings (SSSR count). The highest BCUT2D eigenvalue weighted by Crippen LogP contribution is 2.31. The van der Waals surface area contributed by atoms with E-state index in [-0.39, 0.29) is 5.56 Å². The van der Waals surface area contributed by atoms with Gasteiger partial charge in [-0.25, -0.2) is 4.98 Å². The van der Waals surface area contributed by atoms with Crippen molar-refractivity contribution in [2.24, 2.45) is 0 Å². The number of aromatic amines is 1. The number of aromatic nitrogens is 1. The third kappa shape index (κ3) is 3.95. The van der Waals surface area contributed by atoms with Crippen LogP contribution in [0.1, 0.15) is 29.3 Å². The predicted molar refractivity (Wildman–Crippen MR) is 110 cm³/mol. The van der Waals surface area contributed by atoms with Gasteiger partial charge in [-0.15, -0.1) is 0 Å². The van der Waals surface area contributed by atoms with Gasteiger partial charge in [0.15, 0.2) is 12.0 Å². The number of rotatable bonds is 4. The molecule has 0 saturated carbocycles. The monoisotopic (exact) mass is 397 g/mol. The normalized spacial score (nSPS) is 19.6. The number of amides is 1. The van der Waals surface area contributed by atoms with Gasteiger partial charge in [-0.1, -0.05) is 29.5 Å². The van der Waals surface area contributed by atoms with E-state index in [1.54, 1.807) is 11.8 Å². The molecule has 0 aliphatic carbocycles. The van der Waals surface area contributed by atoms with Gasteiger partial charge in [0.2, 0.25) is 6.20 Å². The molecule has 1 aromatic carbocycles. The van der Waals surface area contributed by atoms with Crippen molar-refractivity contribution in [1.82, 2.24) is 10.2 Å². The Labute approximate surface area is 167 Å². The highest BCUT2D eigenvalue weighted by atomic mass is 32.2. The summed E-state index contributed by atoms with van der Waals surface area (Å²) in [6.07, 6.45) is 5.72. The van der Waals surface area contributed by atoms with Crippen LogP contribution in [-0.4, -0.2) is 29.4 Å². The summed E-state index contributed by atoms with van der Waals surface area (Å²) >= 11 is 1.79. The Morgan fingerprint density at radius 2 is 2.14 bits per heavy atom. The lowest BCUT2D eigenvalue weighted by atomic mass is 9.95. The molecule has 0 radical (unpaired) electrons. The molecule has 2 aromatic rings. The van der Waals surface area contributed by atoms with Gasteiger partial charge in [-0.3, -0.25) is 9.69 Å². The lowest BCUT2D eigenvalue weighted by Crippen LogP contribution is -2.42. The summed E-state index contributed by atoms with van der Waals surface area (Å²) in [6.45, 7) is 4.11. The molecular formula is C21H22FN4OS+. The smallest absolute Gasteiger partial charge is 0.259 e. The van der Waals surface area contributed by atoms with Crippen molar-refractivity contribution in [2.45, 2.75) is 18.8 Å². The maximum Gasteiger partial charge on any atom is 0.259 e. The first-order valence-electron chi connectivity index (χ1n) is 9.18. The molecule has 0 spiro atoms. The van der Waals surface area contributed by atoms with E-state index in [1.165, 1.54) is 23.4 Å². The summed E-state index contributed by atoms with van der Waals surface area (Å²) in [6, 6.07) is 9.18. The Hall–Kier alpha value is -2.64. The number of hydrogen-bond donors (Lipinski definition) is 2. The number of carbonyl (C=O) groups is 1. The van der Waals surface area contributed by atoms with Crippen LogP contribution in [0.3, 0.4) is 0 Å². The SMILES string of the molecule is CC1=C(c2ccc(NC(=O)c3cc[nH+]cc3F)cc2)CN(C2NC=CS2)CC1. The van der Waals surface area contributed by atoms with Crippen molar-refractivity contribution >= 4 is 28.9 Å². The molecule has 1 amide bonds. The summed E-state index contributed by atoms with van der Waals surface area (Å²) in [5, 5.41) is 8.21. The Balaban J connectivity index is 1.46. The van der Waals surface area contributed by atoms with E-state index >= 15 is 0 Å². The lowest BCUT2D eigenvalue weighted by Gasteiger charge is -2.34. The third-order valence-electron chi connectivity index (χ3n) is 5.05. The van der Waals surface area contributed by atoms with Crippen LogP contribution in [0.25, 0.3) is 5.57 Å². The van der Waals surface area contributed by atoms with Crippen molar-refractivity contribution in [3.05, 3.63) is 76.9 Å². The average molecular weight is 397 g/mol. The summed E-state index contributed by atoms with van der Waals surface area (Å²) in [5.41, 5.74) is 4.81. The minimum atomic E-state index is -0.576. The second-order valence-corrected chi connectivity index (χ2v) is 7.87. The summed E-state index contributed by atoms with van der Waals surface area (Å²) in [7, 11) is 0. The highest BCUT2D eigenvalue weighted by molar-refractivity contribution is 8.02. The fourth-order valence-electron chi connectivity index (χ4n) is 3.43. The second kappa shape index (κ2) is 8.16. The highest BCUT2D eigenvalue weighted by Gasteiger charge is 2.25. The Bertz CT molecular complexity index is 934. The molecule has 0 bridgehead atoms. The van der Waals surface area contributed by atoms with E-state index in [1.807, 2.05) is 30.5 Å². The second-order valence-electron chi connectivity index (χ2n) is 6.87. The van der Waals surface area contributed by atoms with Crippen LogP contribution < -0.4 is 15.6 Å². The van der Waals surface area contributed by atoms with Crippen molar-refractivity contribution in [2.75, 3.05) is 18.4 Å². The lowest BCUT2D eigenvalue weighted by molar-refractivity contribution is -0.380. The van der Waals surface area contributed by atoms with Crippen molar-refractivity contribution < 1.29 is 14.2 Å². The summed E-state index contributed by atoms with van der Waals surface area (Å²) in [4.78, 5) is 17.3. The minimum absolute atomic E-state index is 0.0134. The quantitative estimate of drug-likeness (QED) is 0.830. The first-order chi connectivity index (χ1) is 13.6. The van der Waals surface area contributed by atoms with E-state index in [4.69, 9.17) is 0 Å². The molecule has 144 valence electrons. The standard InChI is InChI=1S/C21H21FN4OS/c1-14-7-10-26(21-24-9-11-28-21)13-18(14)15-2-4-16(5-3-15)25-20(27)17-6-8-23-12-19(17)22/h2-6,8-9,11-12,21,24H,7,10,13H2,1H3,(H,25,27)/p+1. The number of anilines is 1. The van der Waals surface area contributed by atoms with E-state index in [9.17, 15) is 9.18 Å². The van der Waals surface area contributed by atoms with Crippen LogP contribution in [0.2, 0.25) is 0 Å². The molecular weight excluding hydrogens is 375 g/mol. The van der Waals surface area contributed by atoms with E-state index < -0.39 is 11.7 Å². The molecule has 0 fully saturated rings. The van der Waals surface area contributed by atoms with Crippen LogP contribution in [0.4, 0.5) is 10.1 Å². The molecule has 1 atom stereocenters.